The van der Waals surface area contributed by atoms with Gasteiger partial charge in [0.25, 0.3) is 5.56 Å². The molecule has 0 aliphatic heterocycles. The summed E-state index contributed by atoms with van der Waals surface area (Å²) in [6, 6.07) is 6.94. The molecule has 0 bridgehead atoms. The molecule has 0 saturated carbocycles. The van der Waals surface area contributed by atoms with Crippen LogP contribution in [0.5, 0.6) is 5.75 Å². The fraction of sp³-hybridized carbons (Fsp3) is 0.333. The average Bonchev–Trinajstić information content (AvgIpc) is 2.42. The summed E-state index contributed by atoms with van der Waals surface area (Å²) >= 11 is 0. The predicted molar refractivity (Wildman–Crippen MR) is 76.0 cm³/mol. The van der Waals surface area contributed by atoms with Crippen LogP contribution in [0, 0.1) is 13.8 Å². The molecule has 0 fully saturated rings. The standard InChI is InChI=1S/C15H18N2O3/c1-10-6-15(19)17(11(2)16-10)8-13-7-12(9-18)4-5-14(13)20-3/h4-7,18H,8-9H2,1-3H3. The van der Waals surface area contributed by atoms with Crippen LogP contribution in [0.4, 0.5) is 0 Å². The number of ether oxygens (including phenoxy) is 1. The van der Waals surface area contributed by atoms with Crippen LogP contribution in [0.2, 0.25) is 0 Å². The van der Waals surface area contributed by atoms with Crippen LogP contribution in [-0.2, 0) is 13.2 Å². The van der Waals surface area contributed by atoms with E-state index in [1.54, 1.807) is 37.7 Å². The van der Waals surface area contributed by atoms with Crippen molar-refractivity contribution in [2.24, 2.45) is 0 Å². The van der Waals surface area contributed by atoms with Crippen molar-refractivity contribution in [3.63, 3.8) is 0 Å². The summed E-state index contributed by atoms with van der Waals surface area (Å²) in [7, 11) is 1.58. The predicted octanol–water partition coefficient (Wildman–Crippen LogP) is 1.41. The van der Waals surface area contributed by atoms with Crippen molar-refractivity contribution in [1.82, 2.24) is 9.55 Å². The molecule has 0 aliphatic rings. The van der Waals surface area contributed by atoms with E-state index in [0.717, 1.165) is 11.1 Å². The third kappa shape index (κ3) is 2.88. The number of nitrogens with zero attached hydrogens (tertiary/aromatic N) is 2. The highest BCUT2D eigenvalue weighted by Gasteiger charge is 2.09. The summed E-state index contributed by atoms with van der Waals surface area (Å²) in [5.41, 5.74) is 2.24. The molecule has 5 nitrogen and oxygen atoms in total. The maximum Gasteiger partial charge on any atom is 0.254 e. The molecule has 0 atom stereocenters. The van der Waals surface area contributed by atoms with E-state index in [9.17, 15) is 9.90 Å². The maximum absolute atomic E-state index is 12.1. The van der Waals surface area contributed by atoms with Crippen molar-refractivity contribution in [2.45, 2.75) is 27.0 Å². The number of benzene rings is 1. The largest absolute Gasteiger partial charge is 0.496 e. The van der Waals surface area contributed by atoms with E-state index in [2.05, 4.69) is 4.98 Å². The van der Waals surface area contributed by atoms with Crippen molar-refractivity contribution in [2.75, 3.05) is 7.11 Å². The van der Waals surface area contributed by atoms with Gasteiger partial charge in [0.05, 0.1) is 20.3 Å². The first-order valence-corrected chi connectivity index (χ1v) is 6.37. The minimum atomic E-state index is -0.0912. The molecule has 0 spiro atoms. The lowest BCUT2D eigenvalue weighted by Crippen LogP contribution is -2.24. The quantitative estimate of drug-likeness (QED) is 0.915. The first kappa shape index (κ1) is 14.3. The van der Waals surface area contributed by atoms with Crippen molar-refractivity contribution in [3.05, 3.63) is 57.3 Å². The van der Waals surface area contributed by atoms with Crippen LogP contribution in [0.25, 0.3) is 0 Å². The number of hydrogen-bond donors (Lipinski definition) is 1. The van der Waals surface area contributed by atoms with E-state index in [1.807, 2.05) is 6.07 Å². The lowest BCUT2D eigenvalue weighted by atomic mass is 10.1. The summed E-state index contributed by atoms with van der Waals surface area (Å²) in [6.07, 6.45) is 0. The topological polar surface area (TPSA) is 64.3 Å². The average molecular weight is 274 g/mol. The Labute approximate surface area is 117 Å². The van der Waals surface area contributed by atoms with Gasteiger partial charge >= 0.3 is 0 Å². The number of aryl methyl sites for hydroxylation is 2. The van der Waals surface area contributed by atoms with E-state index >= 15 is 0 Å². The fourth-order valence-corrected chi connectivity index (χ4v) is 2.18. The number of aliphatic hydroxyl groups excluding tert-OH is 1. The highest BCUT2D eigenvalue weighted by atomic mass is 16.5. The fourth-order valence-electron chi connectivity index (χ4n) is 2.18. The zero-order valence-electron chi connectivity index (χ0n) is 11.9. The highest BCUT2D eigenvalue weighted by molar-refractivity contribution is 5.37. The molecule has 0 aliphatic carbocycles. The molecule has 1 aromatic carbocycles. The van der Waals surface area contributed by atoms with E-state index in [-0.39, 0.29) is 12.2 Å². The number of rotatable bonds is 4. The Morgan fingerprint density at radius 1 is 1.30 bits per heavy atom. The smallest absolute Gasteiger partial charge is 0.254 e. The first-order valence-electron chi connectivity index (χ1n) is 6.37. The third-order valence-corrected chi connectivity index (χ3v) is 3.18. The molecule has 1 aromatic heterocycles. The molecule has 2 rings (SSSR count). The lowest BCUT2D eigenvalue weighted by molar-refractivity contribution is 0.281. The molecule has 106 valence electrons. The third-order valence-electron chi connectivity index (χ3n) is 3.18. The molecule has 20 heavy (non-hydrogen) atoms. The molecule has 2 aromatic rings. The van der Waals surface area contributed by atoms with Gasteiger partial charge in [0.15, 0.2) is 0 Å². The Bertz CT molecular complexity index is 677. The first-order chi connectivity index (χ1) is 9.55. The normalized spacial score (nSPS) is 10.6. The molecule has 1 heterocycles. The zero-order valence-corrected chi connectivity index (χ0v) is 11.9. The van der Waals surface area contributed by atoms with Gasteiger partial charge in [-0.25, -0.2) is 4.98 Å². The molecule has 0 radical (unpaired) electrons. The van der Waals surface area contributed by atoms with Crippen LogP contribution in [0.15, 0.2) is 29.1 Å². The van der Waals surface area contributed by atoms with E-state index < -0.39 is 0 Å². The minimum absolute atomic E-state index is 0.0446. The summed E-state index contributed by atoms with van der Waals surface area (Å²) in [4.78, 5) is 16.4. The van der Waals surface area contributed by atoms with E-state index in [1.165, 1.54) is 6.07 Å². The van der Waals surface area contributed by atoms with Gasteiger partial charge in [-0.2, -0.15) is 0 Å². The Hall–Kier alpha value is -2.14. The van der Waals surface area contributed by atoms with Gasteiger partial charge in [-0.3, -0.25) is 9.36 Å². The Morgan fingerprint density at radius 2 is 2.05 bits per heavy atom. The summed E-state index contributed by atoms with van der Waals surface area (Å²) in [6.45, 7) is 3.93. The van der Waals surface area contributed by atoms with Gasteiger partial charge in [-0.05, 0) is 31.5 Å². The van der Waals surface area contributed by atoms with Gasteiger partial charge in [-0.1, -0.05) is 6.07 Å². The van der Waals surface area contributed by atoms with Crippen molar-refractivity contribution >= 4 is 0 Å². The van der Waals surface area contributed by atoms with Crippen LogP contribution in [-0.4, -0.2) is 21.8 Å². The van der Waals surface area contributed by atoms with Crippen molar-refractivity contribution < 1.29 is 9.84 Å². The van der Waals surface area contributed by atoms with Crippen LogP contribution >= 0.6 is 0 Å². The number of methoxy groups -OCH3 is 1. The summed E-state index contributed by atoms with van der Waals surface area (Å²) in [5.74, 6) is 1.35. The highest BCUT2D eigenvalue weighted by Crippen LogP contribution is 2.21. The molecular formula is C15H18N2O3. The monoisotopic (exact) mass is 274 g/mol. The summed E-state index contributed by atoms with van der Waals surface area (Å²) in [5, 5.41) is 9.22. The zero-order chi connectivity index (χ0) is 14.7. The molecule has 0 unspecified atom stereocenters. The van der Waals surface area contributed by atoms with Crippen molar-refractivity contribution in [1.29, 1.82) is 0 Å². The number of aromatic nitrogens is 2. The second kappa shape index (κ2) is 5.88. The molecule has 0 saturated heterocycles. The lowest BCUT2D eigenvalue weighted by Gasteiger charge is -2.13. The van der Waals surface area contributed by atoms with E-state index in [4.69, 9.17) is 4.74 Å². The van der Waals surface area contributed by atoms with E-state index in [0.29, 0.717) is 23.8 Å². The Kier molecular flexibility index (Phi) is 4.20. The van der Waals surface area contributed by atoms with Crippen LogP contribution < -0.4 is 10.3 Å². The number of aliphatic hydroxyl groups is 1. The molecule has 0 amide bonds. The molecule has 1 N–H and O–H groups in total. The van der Waals surface area contributed by atoms with Gasteiger partial charge < -0.3 is 9.84 Å². The number of hydrogen-bond acceptors (Lipinski definition) is 4. The Balaban J connectivity index is 2.46. The maximum atomic E-state index is 12.1. The van der Waals surface area contributed by atoms with Gasteiger partial charge in [0.2, 0.25) is 0 Å². The minimum Gasteiger partial charge on any atom is -0.496 e. The second-order valence-electron chi connectivity index (χ2n) is 4.67. The molecule has 5 heteroatoms. The van der Waals surface area contributed by atoms with Gasteiger partial charge in [-0.15, -0.1) is 0 Å². The van der Waals surface area contributed by atoms with Crippen LogP contribution in [0.3, 0.4) is 0 Å². The second-order valence-corrected chi connectivity index (χ2v) is 4.67. The summed E-state index contributed by atoms with van der Waals surface area (Å²) < 4.78 is 6.89. The van der Waals surface area contributed by atoms with Gasteiger partial charge in [0.1, 0.15) is 11.6 Å². The Morgan fingerprint density at radius 3 is 2.65 bits per heavy atom. The molecular weight excluding hydrogens is 256 g/mol. The SMILES string of the molecule is COc1ccc(CO)cc1Cn1c(C)nc(C)cc1=O. The van der Waals surface area contributed by atoms with Crippen LogP contribution in [0.1, 0.15) is 22.6 Å². The van der Waals surface area contributed by atoms with Crippen molar-refractivity contribution in [3.8, 4) is 5.75 Å². The van der Waals surface area contributed by atoms with Gasteiger partial charge in [0, 0.05) is 17.3 Å².